The summed E-state index contributed by atoms with van der Waals surface area (Å²) >= 11 is 0. The van der Waals surface area contributed by atoms with Crippen molar-refractivity contribution in [1.29, 1.82) is 0 Å². The Kier molecular flexibility index (Phi) is 76.0. The summed E-state index contributed by atoms with van der Waals surface area (Å²) in [6.07, 6.45) is 6.79. The zero-order chi connectivity index (χ0) is 62.2. The van der Waals surface area contributed by atoms with E-state index in [-0.39, 0.29) is 128 Å². The molecule has 0 aliphatic heterocycles. The van der Waals surface area contributed by atoms with Crippen LogP contribution in [-0.2, 0) is 133 Å². The van der Waals surface area contributed by atoms with Gasteiger partial charge < -0.3 is 76.5 Å². The second-order valence-electron chi connectivity index (χ2n) is 17.2. The molecule has 0 fully saturated rings. The number of hydrogen-bond acceptors (Lipinski definition) is 30. The normalized spacial score (nSPS) is 11.7. The molecule has 0 heterocycles. The van der Waals surface area contributed by atoms with Crippen molar-refractivity contribution in [3.63, 3.8) is 0 Å². The average molecular weight is 1380 g/mol. The molecule has 0 aromatic heterocycles. The Hall–Kier alpha value is -9.10. The topological polar surface area (TPSA) is 412 Å². The molecule has 95 heavy (non-hydrogen) atoms. The highest BCUT2D eigenvalue weighted by atomic mass is 16.6. The van der Waals surface area contributed by atoms with Gasteiger partial charge in [0, 0.05) is 50.0 Å². The molecular weight excluding hydrogens is 1260 g/mol. The maximum atomic E-state index is 13.3. The first-order valence-electron chi connectivity index (χ1n) is 24.5. The van der Waals surface area contributed by atoms with Crippen LogP contribution in [-0.4, -0.2) is 224 Å². The van der Waals surface area contributed by atoms with Crippen LogP contribution in [0.15, 0.2) is 75.4 Å². The summed E-state index contributed by atoms with van der Waals surface area (Å²) in [5.74, 6) is -17.7. The minimum Gasteiger partial charge on any atom is -0.481 e. The third kappa shape index (κ3) is 50.1. The van der Waals surface area contributed by atoms with E-state index in [1.165, 1.54) is 4.90 Å². The summed E-state index contributed by atoms with van der Waals surface area (Å²) in [6.45, 7) is 1.17. The Morgan fingerprint density at radius 1 is 0.368 bits per heavy atom. The summed E-state index contributed by atoms with van der Waals surface area (Å²) in [7, 11) is 0. The Morgan fingerprint density at radius 3 is 0.905 bits per heavy atom. The number of aliphatic hydroxyl groups is 1. The molecule has 0 saturated carbocycles. The summed E-state index contributed by atoms with van der Waals surface area (Å²) in [6, 6.07) is 0. The number of nitrogens with zero attached hydrogens (tertiary/aromatic N) is 1. The predicted octanol–water partition coefficient (Wildman–Crippen LogP) is 5.95. The van der Waals surface area contributed by atoms with E-state index < -0.39 is 212 Å². The fourth-order valence-corrected chi connectivity index (χ4v) is 6.25. The molecule has 1 aliphatic carbocycles. The molecule has 2 N–H and O–H groups in total. The molecule has 0 radical (unpaired) electrons. The van der Waals surface area contributed by atoms with E-state index in [0.29, 0.717) is 12.2 Å². The number of esters is 13. The molecule has 0 spiro atoms. The molecule has 2 unspecified atom stereocenters. The Bertz CT molecular complexity index is 2240. The van der Waals surface area contributed by atoms with Gasteiger partial charge in [0.25, 0.3) is 0 Å². The lowest BCUT2D eigenvalue weighted by Crippen LogP contribution is -2.48. The molecule has 554 valence electrons. The van der Waals surface area contributed by atoms with Gasteiger partial charge in [0.2, 0.25) is 0 Å². The standard InChI is InChI=1S/C52H65NO30.12CH4/c1-6-37(55)72-21-43(61)78-29-51(30-79-44(62)22-73-38(56)7-2,31-80-45(63)23-74-39(57)8-3)27-70-28-52(32-81-46(64)24-75-40(58)9-4,33-82-47(65)25-76-41(59)10-5)34-83-48(66)26-77-42(60)15-16-53(17-19-54)18-20-71-50(69)36-14-12-11-13-35(36)49(67)68;;;;;;;;;;;;/h6-12,35-36,54H,1-5,13-34H2,(H,67,68);12*1H4. The maximum Gasteiger partial charge on any atom is 0.344 e. The van der Waals surface area contributed by atoms with Crippen LogP contribution in [0.3, 0.4) is 0 Å². The van der Waals surface area contributed by atoms with Crippen LogP contribution in [0.25, 0.3) is 0 Å². The Balaban J connectivity index is -0.000000574. The van der Waals surface area contributed by atoms with Crippen molar-refractivity contribution < 1.29 is 144 Å². The number of aliphatic carboxylic acids is 1. The van der Waals surface area contributed by atoms with Crippen LogP contribution >= 0.6 is 0 Å². The van der Waals surface area contributed by atoms with Gasteiger partial charge in [-0.3, -0.25) is 19.3 Å². The molecule has 1 rings (SSSR count). The highest BCUT2D eigenvalue weighted by Gasteiger charge is 2.42. The van der Waals surface area contributed by atoms with Crippen molar-refractivity contribution in [1.82, 2.24) is 4.90 Å². The van der Waals surface area contributed by atoms with Crippen molar-refractivity contribution in [2.24, 2.45) is 22.7 Å². The van der Waals surface area contributed by atoms with Crippen LogP contribution in [0.4, 0.5) is 0 Å². The smallest absolute Gasteiger partial charge is 0.344 e. The Morgan fingerprint density at radius 2 is 0.642 bits per heavy atom. The number of hydrogen-bond donors (Lipinski definition) is 2. The fourth-order valence-electron chi connectivity index (χ4n) is 6.25. The number of ether oxygens (including phenoxy) is 14. The SMILES string of the molecule is C.C.C.C.C.C.C.C.C.C.C.C.C=CC(=O)OCC(=O)OCC(COCC(COC(=O)COC(=O)C=C)(COC(=O)COC(=O)C=C)COC(=O)COC(=O)CCN(CCO)CCOC(=O)C1CC=CCC1C(=O)O)(COC(=O)COC(=O)C=C)COC(=O)COC(=O)C=C. The van der Waals surface area contributed by atoms with Gasteiger partial charge >= 0.3 is 83.6 Å². The molecule has 1 aliphatic rings. The average Bonchev–Trinajstić information content (AvgIpc) is 1.14. The highest BCUT2D eigenvalue weighted by molar-refractivity contribution is 5.86. The lowest BCUT2D eigenvalue weighted by atomic mass is 9.83. The van der Waals surface area contributed by atoms with Crippen molar-refractivity contribution in [3.05, 3.63) is 75.4 Å². The number of carbonyl (C=O) groups is 14. The van der Waals surface area contributed by atoms with Crippen LogP contribution in [0, 0.1) is 22.7 Å². The minimum absolute atomic E-state index is 0. The summed E-state index contributed by atoms with van der Waals surface area (Å²) < 4.78 is 71.6. The van der Waals surface area contributed by atoms with Gasteiger partial charge in [0.1, 0.15) is 46.2 Å². The van der Waals surface area contributed by atoms with Gasteiger partial charge in [-0.25, -0.2) is 52.7 Å². The molecule has 0 saturated heterocycles. The van der Waals surface area contributed by atoms with Crippen LogP contribution in [0.5, 0.6) is 0 Å². The molecular formula is C64H113NO30. The number of carboxylic acids is 1. The molecule has 2 atom stereocenters. The van der Waals surface area contributed by atoms with Gasteiger partial charge in [-0.2, -0.15) is 0 Å². The number of carbonyl (C=O) groups excluding carboxylic acids is 13. The van der Waals surface area contributed by atoms with Gasteiger partial charge in [0.15, 0.2) is 39.6 Å². The first kappa shape index (κ1) is 113. The van der Waals surface area contributed by atoms with Crippen molar-refractivity contribution in [3.8, 4) is 0 Å². The highest BCUT2D eigenvalue weighted by Crippen LogP contribution is 2.28. The monoisotopic (exact) mass is 1380 g/mol. The van der Waals surface area contributed by atoms with Crippen molar-refractivity contribution in [2.45, 2.75) is 108 Å². The number of carboxylic acid groups (broad SMARTS) is 1. The third-order valence-corrected chi connectivity index (χ3v) is 10.7. The number of aliphatic hydroxyl groups excluding tert-OH is 1. The molecule has 31 heteroatoms. The van der Waals surface area contributed by atoms with Gasteiger partial charge in [-0.05, 0) is 12.8 Å². The van der Waals surface area contributed by atoms with E-state index in [0.717, 1.165) is 18.2 Å². The Labute approximate surface area is 562 Å². The first-order valence-corrected chi connectivity index (χ1v) is 24.5. The molecule has 0 aromatic rings. The summed E-state index contributed by atoms with van der Waals surface area (Å²) in [5, 5.41) is 19.1. The minimum atomic E-state index is -2.14. The zero-order valence-electron chi connectivity index (χ0n) is 45.1. The summed E-state index contributed by atoms with van der Waals surface area (Å²) in [4.78, 5) is 175. The van der Waals surface area contributed by atoms with Gasteiger partial charge in [-0.1, -0.05) is 134 Å². The van der Waals surface area contributed by atoms with Crippen LogP contribution in [0.1, 0.15) is 108 Å². The quantitative estimate of drug-likeness (QED) is 0.0308. The second kappa shape index (κ2) is 63.6. The van der Waals surface area contributed by atoms with E-state index in [9.17, 15) is 77.3 Å². The van der Waals surface area contributed by atoms with E-state index in [4.69, 9.17) is 52.1 Å². The van der Waals surface area contributed by atoms with E-state index in [1.54, 1.807) is 12.2 Å². The van der Waals surface area contributed by atoms with Gasteiger partial charge in [0.05, 0.1) is 48.9 Å². The van der Waals surface area contributed by atoms with Crippen molar-refractivity contribution in [2.75, 3.05) is 125 Å². The first-order chi connectivity index (χ1) is 39.5. The molecule has 31 nitrogen and oxygen atoms in total. The van der Waals surface area contributed by atoms with E-state index >= 15 is 0 Å². The largest absolute Gasteiger partial charge is 0.481 e. The molecule has 0 bridgehead atoms. The fraction of sp³-hybridized carbons (Fsp3) is 0.594. The van der Waals surface area contributed by atoms with Gasteiger partial charge in [-0.15, -0.1) is 0 Å². The lowest BCUT2D eigenvalue weighted by molar-refractivity contribution is -0.183. The van der Waals surface area contributed by atoms with E-state index in [2.05, 4.69) is 47.1 Å². The zero-order valence-corrected chi connectivity index (χ0v) is 45.1. The molecule has 0 amide bonds. The predicted molar refractivity (Wildman–Crippen MR) is 351 cm³/mol. The van der Waals surface area contributed by atoms with Crippen LogP contribution in [0.2, 0.25) is 0 Å². The number of allylic oxidation sites excluding steroid dienone is 2. The van der Waals surface area contributed by atoms with E-state index in [1.807, 2.05) is 0 Å². The summed E-state index contributed by atoms with van der Waals surface area (Å²) in [5.41, 5.74) is -4.25. The van der Waals surface area contributed by atoms with Crippen LogP contribution < -0.4 is 0 Å². The van der Waals surface area contributed by atoms with Crippen molar-refractivity contribution >= 4 is 83.6 Å². The molecule has 0 aromatic carbocycles. The maximum absolute atomic E-state index is 13.3. The lowest BCUT2D eigenvalue weighted by Gasteiger charge is -2.35. The second-order valence-corrected chi connectivity index (χ2v) is 17.2. The number of rotatable bonds is 43. The third-order valence-electron chi connectivity index (χ3n) is 10.7.